The molecule has 0 heterocycles. The minimum atomic E-state index is -1.02. The molecule has 1 N–H and O–H groups in total. The van der Waals surface area contributed by atoms with Gasteiger partial charge in [0.2, 0.25) is 0 Å². The van der Waals surface area contributed by atoms with Crippen molar-refractivity contribution in [2.45, 2.75) is 6.61 Å². The highest BCUT2D eigenvalue weighted by atomic mass is 79.9. The van der Waals surface area contributed by atoms with Gasteiger partial charge in [-0.25, -0.2) is 4.79 Å². The molecule has 0 radical (unpaired) electrons. The maximum Gasteiger partial charge on any atom is 0.335 e. The van der Waals surface area contributed by atoms with Crippen LogP contribution in [0.3, 0.4) is 0 Å². The molecular weight excluding hydrogens is 482 g/mol. The number of carboxylic acids is 1. The Balaban J connectivity index is 1.87. The molecule has 0 aliphatic heterocycles. The molecule has 31 heavy (non-hydrogen) atoms. The van der Waals surface area contributed by atoms with E-state index in [1.165, 1.54) is 12.1 Å². The number of benzene rings is 3. The molecule has 0 saturated heterocycles. The number of aromatic carboxylic acids is 1. The van der Waals surface area contributed by atoms with E-state index >= 15 is 0 Å². The molecule has 0 spiro atoms. The van der Waals surface area contributed by atoms with Crippen LogP contribution in [0.5, 0.6) is 11.5 Å². The Morgan fingerprint density at radius 3 is 2.35 bits per heavy atom. The van der Waals surface area contributed by atoms with Crippen LogP contribution in [0.2, 0.25) is 5.02 Å². The van der Waals surface area contributed by atoms with Gasteiger partial charge < -0.3 is 14.6 Å². The Kier molecular flexibility index (Phi) is 7.35. The summed E-state index contributed by atoms with van der Waals surface area (Å²) in [6, 6.07) is 19.3. The van der Waals surface area contributed by atoms with Crippen molar-refractivity contribution in [1.82, 2.24) is 0 Å². The van der Waals surface area contributed by atoms with Crippen molar-refractivity contribution in [2.75, 3.05) is 7.11 Å². The fourth-order valence-corrected chi connectivity index (χ4v) is 3.54. The van der Waals surface area contributed by atoms with Crippen LogP contribution in [0.25, 0.3) is 11.6 Å². The zero-order chi connectivity index (χ0) is 22.4. The van der Waals surface area contributed by atoms with Gasteiger partial charge in [-0.15, -0.1) is 0 Å². The fourth-order valence-electron chi connectivity index (χ4n) is 2.84. The first-order valence-electron chi connectivity index (χ1n) is 9.11. The first-order chi connectivity index (χ1) is 14.9. The normalized spacial score (nSPS) is 11.0. The van der Waals surface area contributed by atoms with Gasteiger partial charge in [0.1, 0.15) is 6.61 Å². The summed E-state index contributed by atoms with van der Waals surface area (Å²) in [7, 11) is 1.54. The second-order valence-electron chi connectivity index (χ2n) is 6.50. The van der Waals surface area contributed by atoms with Crippen molar-refractivity contribution >= 4 is 45.1 Å². The summed E-state index contributed by atoms with van der Waals surface area (Å²) < 4.78 is 12.1. The molecule has 0 fully saturated rings. The number of halogens is 2. The Labute approximate surface area is 193 Å². The van der Waals surface area contributed by atoms with E-state index in [-0.39, 0.29) is 5.56 Å². The monoisotopic (exact) mass is 497 g/mol. The first kappa shape index (κ1) is 22.4. The van der Waals surface area contributed by atoms with Gasteiger partial charge >= 0.3 is 5.97 Å². The Bertz CT molecular complexity index is 1170. The maximum absolute atomic E-state index is 11.0. The van der Waals surface area contributed by atoms with E-state index in [1.807, 2.05) is 18.2 Å². The summed E-state index contributed by atoms with van der Waals surface area (Å²) >= 11 is 9.43. The molecule has 7 heteroatoms. The summed E-state index contributed by atoms with van der Waals surface area (Å²) in [6.45, 7) is 0.334. The lowest BCUT2D eigenvalue weighted by atomic mass is 10.0. The van der Waals surface area contributed by atoms with Gasteiger partial charge in [0.15, 0.2) is 11.5 Å². The van der Waals surface area contributed by atoms with Crippen LogP contribution in [0, 0.1) is 11.3 Å². The van der Waals surface area contributed by atoms with Crippen LogP contribution in [0.15, 0.2) is 65.1 Å². The number of hydrogen-bond acceptors (Lipinski definition) is 4. The molecule has 0 aromatic heterocycles. The van der Waals surface area contributed by atoms with E-state index in [1.54, 1.807) is 43.5 Å². The van der Waals surface area contributed by atoms with Crippen molar-refractivity contribution in [2.24, 2.45) is 0 Å². The summed E-state index contributed by atoms with van der Waals surface area (Å²) in [6.07, 6.45) is 1.70. The minimum absolute atomic E-state index is 0.160. The van der Waals surface area contributed by atoms with Crippen molar-refractivity contribution < 1.29 is 19.4 Å². The van der Waals surface area contributed by atoms with Gasteiger partial charge in [0.25, 0.3) is 0 Å². The SMILES string of the molecule is COc1cc(/C=C(/C#N)c2ccc(C(=O)O)cc2)cc(Br)c1OCc1ccc(Cl)cc1. The van der Waals surface area contributed by atoms with E-state index in [4.69, 9.17) is 26.2 Å². The number of hydrogen-bond donors (Lipinski definition) is 1. The maximum atomic E-state index is 11.0. The van der Waals surface area contributed by atoms with E-state index in [9.17, 15) is 10.1 Å². The van der Waals surface area contributed by atoms with Gasteiger partial charge in [0.05, 0.1) is 28.8 Å². The molecular formula is C24H17BrClNO4. The Morgan fingerprint density at radius 2 is 1.77 bits per heavy atom. The van der Waals surface area contributed by atoms with Crippen LogP contribution in [0.4, 0.5) is 0 Å². The number of methoxy groups -OCH3 is 1. The van der Waals surface area contributed by atoms with Crippen LogP contribution in [0.1, 0.15) is 27.0 Å². The largest absolute Gasteiger partial charge is 0.493 e. The predicted molar refractivity (Wildman–Crippen MR) is 123 cm³/mol. The standard InChI is InChI=1S/C24H17BrClNO4/c1-30-22-12-16(10-19(13-27)17-4-6-18(7-5-17)24(28)29)11-21(25)23(22)31-14-15-2-8-20(26)9-3-15/h2-12H,14H2,1H3,(H,28,29)/b19-10-. The van der Waals surface area contributed by atoms with Gasteiger partial charge in [-0.3, -0.25) is 0 Å². The minimum Gasteiger partial charge on any atom is -0.493 e. The number of nitrogens with zero attached hydrogens (tertiary/aromatic N) is 1. The number of rotatable bonds is 7. The molecule has 0 saturated carbocycles. The Morgan fingerprint density at radius 1 is 1.13 bits per heavy atom. The highest BCUT2D eigenvalue weighted by molar-refractivity contribution is 9.10. The molecule has 0 bridgehead atoms. The van der Waals surface area contributed by atoms with Gasteiger partial charge in [-0.05, 0) is 75.1 Å². The summed E-state index contributed by atoms with van der Waals surface area (Å²) in [5.41, 5.74) is 2.85. The third-order valence-corrected chi connectivity index (χ3v) is 5.26. The quantitative estimate of drug-likeness (QED) is 0.299. The fraction of sp³-hybridized carbons (Fsp3) is 0.0833. The zero-order valence-electron chi connectivity index (χ0n) is 16.4. The van der Waals surface area contributed by atoms with Crippen LogP contribution in [-0.4, -0.2) is 18.2 Å². The molecule has 5 nitrogen and oxygen atoms in total. The molecule has 0 atom stereocenters. The number of nitriles is 1. The number of carbonyl (C=O) groups is 1. The third kappa shape index (κ3) is 5.66. The van der Waals surface area contributed by atoms with Crippen molar-refractivity contribution in [3.63, 3.8) is 0 Å². The van der Waals surface area contributed by atoms with E-state index < -0.39 is 5.97 Å². The number of carboxylic acid groups (broad SMARTS) is 1. The predicted octanol–water partition coefficient (Wildman–Crippen LogP) is 6.45. The average molecular weight is 499 g/mol. The van der Waals surface area contributed by atoms with Gasteiger partial charge in [-0.2, -0.15) is 5.26 Å². The molecule has 0 amide bonds. The number of ether oxygens (including phenoxy) is 2. The molecule has 0 aliphatic carbocycles. The van der Waals surface area contributed by atoms with E-state index in [0.29, 0.717) is 38.7 Å². The molecule has 0 unspecified atom stereocenters. The highest BCUT2D eigenvalue weighted by Gasteiger charge is 2.13. The van der Waals surface area contributed by atoms with Crippen molar-refractivity contribution in [3.05, 3.63) is 92.4 Å². The van der Waals surface area contributed by atoms with Crippen molar-refractivity contribution in [3.8, 4) is 17.6 Å². The smallest absolute Gasteiger partial charge is 0.335 e. The van der Waals surface area contributed by atoms with Crippen molar-refractivity contribution in [1.29, 1.82) is 5.26 Å². The van der Waals surface area contributed by atoms with E-state index in [0.717, 1.165) is 11.1 Å². The van der Waals surface area contributed by atoms with Gasteiger partial charge in [-0.1, -0.05) is 35.9 Å². The topological polar surface area (TPSA) is 79.5 Å². The molecule has 3 aromatic rings. The third-order valence-electron chi connectivity index (χ3n) is 4.42. The first-order valence-corrected chi connectivity index (χ1v) is 10.3. The summed E-state index contributed by atoms with van der Waals surface area (Å²) in [5.74, 6) is 0.0314. The lowest BCUT2D eigenvalue weighted by molar-refractivity contribution is 0.0697. The lowest BCUT2D eigenvalue weighted by Crippen LogP contribution is -1.99. The Hall–Kier alpha value is -3.27. The van der Waals surface area contributed by atoms with E-state index in [2.05, 4.69) is 22.0 Å². The summed E-state index contributed by atoms with van der Waals surface area (Å²) in [4.78, 5) is 11.0. The average Bonchev–Trinajstić information content (AvgIpc) is 2.77. The second-order valence-corrected chi connectivity index (χ2v) is 7.79. The number of allylic oxidation sites excluding steroid dienone is 1. The molecule has 3 rings (SSSR count). The van der Waals surface area contributed by atoms with Crippen LogP contribution in [-0.2, 0) is 6.61 Å². The lowest BCUT2D eigenvalue weighted by Gasteiger charge is -2.14. The molecule has 3 aromatic carbocycles. The van der Waals surface area contributed by atoms with Gasteiger partial charge in [0, 0.05) is 5.02 Å². The van der Waals surface area contributed by atoms with Crippen LogP contribution >= 0.6 is 27.5 Å². The summed E-state index contributed by atoms with van der Waals surface area (Å²) in [5, 5.41) is 19.3. The second kappa shape index (κ2) is 10.2. The molecule has 0 aliphatic rings. The highest BCUT2D eigenvalue weighted by Crippen LogP contribution is 2.38. The van der Waals surface area contributed by atoms with Crippen LogP contribution < -0.4 is 9.47 Å². The zero-order valence-corrected chi connectivity index (χ0v) is 18.8. The molecule has 156 valence electrons.